The van der Waals surface area contributed by atoms with E-state index in [9.17, 15) is 0 Å². The standard InChI is InChI=1S/C45H34N4/c1-31-20-24-35(25-21-31)47(36-26-22-32(2)23-27-36)37-28-33(45-46-41-16-8-11-19-44(41)49(45)34-12-4-3-5-13-34)29-38(30-37)48-42-17-9-6-14-39(42)40-15-7-10-18-43(40)48/h3-30H,1-2H3. The maximum absolute atomic E-state index is 5.31. The van der Waals surface area contributed by atoms with Crippen LogP contribution in [0.4, 0.5) is 17.1 Å². The van der Waals surface area contributed by atoms with Crippen molar-refractivity contribution < 1.29 is 0 Å². The lowest BCUT2D eigenvalue weighted by Crippen LogP contribution is -2.11. The molecule has 0 radical (unpaired) electrons. The van der Waals surface area contributed by atoms with Gasteiger partial charge in [0.05, 0.1) is 22.1 Å². The Labute approximate surface area is 285 Å². The number of hydrogen-bond acceptors (Lipinski definition) is 2. The van der Waals surface area contributed by atoms with Gasteiger partial charge in [0.15, 0.2) is 0 Å². The molecule has 0 saturated heterocycles. The zero-order chi connectivity index (χ0) is 32.9. The number of nitrogens with zero attached hydrogens (tertiary/aromatic N) is 4. The van der Waals surface area contributed by atoms with Gasteiger partial charge in [-0.3, -0.25) is 4.57 Å². The first-order valence-electron chi connectivity index (χ1n) is 16.7. The first kappa shape index (κ1) is 28.8. The van der Waals surface area contributed by atoms with Gasteiger partial charge in [-0.15, -0.1) is 0 Å². The summed E-state index contributed by atoms with van der Waals surface area (Å²) in [7, 11) is 0. The summed E-state index contributed by atoms with van der Waals surface area (Å²) in [4.78, 5) is 7.67. The average molecular weight is 631 g/mol. The Morgan fingerprint density at radius 1 is 0.429 bits per heavy atom. The van der Waals surface area contributed by atoms with E-state index in [1.165, 1.54) is 32.9 Å². The Morgan fingerprint density at radius 2 is 0.959 bits per heavy atom. The molecule has 0 aliphatic heterocycles. The van der Waals surface area contributed by atoms with Gasteiger partial charge in [0, 0.05) is 44.8 Å². The molecule has 2 aromatic heterocycles. The summed E-state index contributed by atoms with van der Waals surface area (Å²) in [5.74, 6) is 0.893. The molecule has 4 nitrogen and oxygen atoms in total. The number of aryl methyl sites for hydroxylation is 2. The highest BCUT2D eigenvalue weighted by atomic mass is 15.1. The smallest absolute Gasteiger partial charge is 0.145 e. The van der Waals surface area contributed by atoms with Crippen LogP contribution in [-0.2, 0) is 0 Å². The van der Waals surface area contributed by atoms with Crippen LogP contribution in [0.2, 0.25) is 0 Å². The Morgan fingerprint density at radius 3 is 1.57 bits per heavy atom. The first-order valence-corrected chi connectivity index (χ1v) is 16.7. The Balaban J connectivity index is 1.39. The van der Waals surface area contributed by atoms with E-state index in [-0.39, 0.29) is 0 Å². The topological polar surface area (TPSA) is 26.0 Å². The number of anilines is 3. The fourth-order valence-electron chi connectivity index (χ4n) is 7.08. The van der Waals surface area contributed by atoms with Crippen LogP contribution in [0.1, 0.15) is 11.1 Å². The van der Waals surface area contributed by atoms with Gasteiger partial charge in [0.1, 0.15) is 5.82 Å². The molecule has 0 atom stereocenters. The molecule has 234 valence electrons. The lowest BCUT2D eigenvalue weighted by molar-refractivity contribution is 1.10. The summed E-state index contributed by atoms with van der Waals surface area (Å²) in [6.07, 6.45) is 0. The van der Waals surface area contributed by atoms with Crippen LogP contribution >= 0.6 is 0 Å². The number of rotatable bonds is 6. The highest BCUT2D eigenvalue weighted by Crippen LogP contribution is 2.41. The minimum atomic E-state index is 0.893. The van der Waals surface area contributed by atoms with E-state index in [1.54, 1.807) is 0 Å². The van der Waals surface area contributed by atoms with Crippen molar-refractivity contribution in [3.8, 4) is 22.8 Å². The molecule has 0 unspecified atom stereocenters. The number of benzene rings is 7. The van der Waals surface area contributed by atoms with Crippen LogP contribution in [0.5, 0.6) is 0 Å². The van der Waals surface area contributed by atoms with Crippen LogP contribution in [0.3, 0.4) is 0 Å². The van der Waals surface area contributed by atoms with Crippen LogP contribution in [-0.4, -0.2) is 14.1 Å². The maximum Gasteiger partial charge on any atom is 0.145 e. The second-order valence-electron chi connectivity index (χ2n) is 12.7. The Bertz CT molecular complexity index is 2510. The summed E-state index contributed by atoms with van der Waals surface area (Å²) < 4.78 is 4.68. The third kappa shape index (κ3) is 4.97. The molecule has 9 rings (SSSR count). The van der Waals surface area contributed by atoms with Gasteiger partial charge in [-0.2, -0.15) is 0 Å². The molecule has 2 heterocycles. The summed E-state index contributed by atoms with van der Waals surface area (Å²) in [5.41, 5.74) is 13.2. The third-order valence-corrected chi connectivity index (χ3v) is 9.42. The average Bonchev–Trinajstić information content (AvgIpc) is 3.70. The van der Waals surface area contributed by atoms with Crippen LogP contribution < -0.4 is 4.90 Å². The molecule has 0 saturated carbocycles. The summed E-state index contributed by atoms with van der Waals surface area (Å²) in [5, 5.41) is 2.46. The van der Waals surface area contributed by atoms with E-state index >= 15 is 0 Å². The fourth-order valence-corrected chi connectivity index (χ4v) is 7.08. The molecule has 0 aliphatic rings. The number of para-hydroxylation sites is 5. The van der Waals surface area contributed by atoms with E-state index in [0.29, 0.717) is 0 Å². The Kier molecular flexibility index (Phi) is 6.87. The molecule has 4 heteroatoms. The molecule has 7 aromatic carbocycles. The molecule has 49 heavy (non-hydrogen) atoms. The lowest BCUT2D eigenvalue weighted by Gasteiger charge is -2.27. The van der Waals surface area contributed by atoms with Gasteiger partial charge in [-0.05, 0) is 92.7 Å². The molecular formula is C45H34N4. The van der Waals surface area contributed by atoms with Crippen molar-refractivity contribution >= 4 is 49.9 Å². The number of aromatic nitrogens is 3. The van der Waals surface area contributed by atoms with Gasteiger partial charge >= 0.3 is 0 Å². The van der Waals surface area contributed by atoms with E-state index in [4.69, 9.17) is 4.98 Å². The fraction of sp³-hybridized carbons (Fsp3) is 0.0444. The number of fused-ring (bicyclic) bond motifs is 4. The molecular weight excluding hydrogens is 597 g/mol. The van der Waals surface area contributed by atoms with Crippen molar-refractivity contribution in [2.24, 2.45) is 0 Å². The normalized spacial score (nSPS) is 11.5. The van der Waals surface area contributed by atoms with Crippen molar-refractivity contribution in [2.75, 3.05) is 4.90 Å². The van der Waals surface area contributed by atoms with Crippen LogP contribution in [0.25, 0.3) is 55.6 Å². The molecule has 0 spiro atoms. The van der Waals surface area contributed by atoms with Gasteiger partial charge in [-0.1, -0.05) is 102 Å². The van der Waals surface area contributed by atoms with Crippen LogP contribution in [0, 0.1) is 13.8 Å². The van der Waals surface area contributed by atoms with Crippen molar-refractivity contribution in [3.05, 3.63) is 181 Å². The zero-order valence-corrected chi connectivity index (χ0v) is 27.5. The largest absolute Gasteiger partial charge is 0.310 e. The first-order chi connectivity index (χ1) is 24.1. The number of imidazole rings is 1. The van der Waals surface area contributed by atoms with Gasteiger partial charge in [0.2, 0.25) is 0 Å². The third-order valence-electron chi connectivity index (χ3n) is 9.42. The second kappa shape index (κ2) is 11.7. The summed E-state index contributed by atoms with van der Waals surface area (Å²) in [6.45, 7) is 4.27. The van der Waals surface area contributed by atoms with Crippen molar-refractivity contribution in [1.29, 1.82) is 0 Å². The van der Waals surface area contributed by atoms with Crippen molar-refractivity contribution in [3.63, 3.8) is 0 Å². The second-order valence-corrected chi connectivity index (χ2v) is 12.7. The monoisotopic (exact) mass is 630 g/mol. The predicted octanol–water partition coefficient (Wildman–Crippen LogP) is 11.9. The van der Waals surface area contributed by atoms with Gasteiger partial charge in [0.25, 0.3) is 0 Å². The van der Waals surface area contributed by atoms with E-state index in [0.717, 1.165) is 50.9 Å². The summed E-state index contributed by atoms with van der Waals surface area (Å²) >= 11 is 0. The molecule has 0 bridgehead atoms. The molecule has 0 aliphatic carbocycles. The minimum absolute atomic E-state index is 0.893. The minimum Gasteiger partial charge on any atom is -0.310 e. The Hall–Kier alpha value is -6.39. The highest BCUT2D eigenvalue weighted by Gasteiger charge is 2.21. The van der Waals surface area contributed by atoms with Gasteiger partial charge in [-0.25, -0.2) is 4.98 Å². The van der Waals surface area contributed by atoms with Gasteiger partial charge < -0.3 is 9.47 Å². The maximum atomic E-state index is 5.31. The van der Waals surface area contributed by atoms with Crippen LogP contribution in [0.15, 0.2) is 170 Å². The molecule has 0 N–H and O–H groups in total. The highest BCUT2D eigenvalue weighted by molar-refractivity contribution is 6.09. The van der Waals surface area contributed by atoms with E-state index in [2.05, 4.69) is 198 Å². The summed E-state index contributed by atoms with van der Waals surface area (Å²) in [6, 6.07) is 60.8. The van der Waals surface area contributed by atoms with E-state index in [1.807, 2.05) is 0 Å². The predicted molar refractivity (Wildman–Crippen MR) is 205 cm³/mol. The number of hydrogen-bond donors (Lipinski definition) is 0. The quantitative estimate of drug-likeness (QED) is 0.183. The lowest BCUT2D eigenvalue weighted by atomic mass is 10.1. The van der Waals surface area contributed by atoms with E-state index < -0.39 is 0 Å². The van der Waals surface area contributed by atoms with Crippen molar-refractivity contribution in [1.82, 2.24) is 14.1 Å². The van der Waals surface area contributed by atoms with Crippen molar-refractivity contribution in [2.45, 2.75) is 13.8 Å². The molecule has 0 fully saturated rings. The zero-order valence-electron chi connectivity index (χ0n) is 27.5. The molecule has 9 aromatic rings. The SMILES string of the molecule is Cc1ccc(N(c2ccc(C)cc2)c2cc(-c3nc4ccccc4n3-c3ccccc3)cc(-n3c4ccccc4c4ccccc43)c2)cc1. The molecule has 0 amide bonds.